The first-order valence-electron chi connectivity index (χ1n) is 12.6. The molecule has 3 N–H and O–H groups in total. The summed E-state index contributed by atoms with van der Waals surface area (Å²) in [5.74, 6) is 0.182. The fourth-order valence-electron chi connectivity index (χ4n) is 4.07. The average Bonchev–Trinajstić information content (AvgIpc) is 2.86. The standard InChI is InChI=1S/C22H27NO3.C8H17N/c1-3-19(14-16-24)23-21(26)13-15-22(2,17-7-5-4-6-8-17)18-9-11-20(25)12-10-18;1-5-8(9-4)6-7(2)3/h4-12,16,19,25H,3,13-15H2,1-2H3,(H,23,26);8-9H,2,5-6H2,1,3-4H3. The van der Waals surface area contributed by atoms with Gasteiger partial charge in [0.1, 0.15) is 12.0 Å². The fraction of sp³-hybridized carbons (Fsp3) is 0.467. The minimum Gasteiger partial charge on any atom is -0.508 e. The van der Waals surface area contributed by atoms with Crippen LogP contribution in [-0.2, 0) is 15.0 Å². The van der Waals surface area contributed by atoms with E-state index in [1.807, 2.05) is 44.3 Å². The Hall–Kier alpha value is -2.92. The van der Waals surface area contributed by atoms with Gasteiger partial charge in [-0.25, -0.2) is 0 Å². The highest BCUT2D eigenvalue weighted by Gasteiger charge is 2.29. The molecular formula is C30H44N2O3. The Morgan fingerprint density at radius 2 is 1.60 bits per heavy atom. The summed E-state index contributed by atoms with van der Waals surface area (Å²) in [5.41, 5.74) is 3.09. The lowest BCUT2D eigenvalue weighted by atomic mass is 9.73. The summed E-state index contributed by atoms with van der Waals surface area (Å²) >= 11 is 0. The highest BCUT2D eigenvalue weighted by Crippen LogP contribution is 2.37. The SMILES string of the molecule is C=C(C)CC(CC)NC.CCC(CC=O)NC(=O)CCC(C)(c1ccccc1)c1ccc(O)cc1. The molecule has 0 fully saturated rings. The second kappa shape index (κ2) is 15.9. The molecule has 0 bridgehead atoms. The average molecular weight is 481 g/mol. The van der Waals surface area contributed by atoms with Crippen LogP contribution in [0.4, 0.5) is 0 Å². The first kappa shape index (κ1) is 30.1. The number of aromatic hydroxyl groups is 1. The van der Waals surface area contributed by atoms with E-state index in [2.05, 4.69) is 50.1 Å². The molecule has 1 amide bonds. The molecule has 35 heavy (non-hydrogen) atoms. The second-order valence-electron chi connectivity index (χ2n) is 9.38. The van der Waals surface area contributed by atoms with Gasteiger partial charge in [-0.05, 0) is 62.9 Å². The third-order valence-electron chi connectivity index (χ3n) is 6.50. The third kappa shape index (κ3) is 10.5. The van der Waals surface area contributed by atoms with Gasteiger partial charge in [0.15, 0.2) is 0 Å². The van der Waals surface area contributed by atoms with E-state index in [0.717, 1.165) is 30.3 Å². The van der Waals surface area contributed by atoms with Gasteiger partial charge in [-0.1, -0.05) is 68.8 Å². The molecule has 192 valence electrons. The number of carbonyl (C=O) groups excluding carboxylic acids is 2. The first-order valence-corrected chi connectivity index (χ1v) is 12.6. The van der Waals surface area contributed by atoms with Crippen LogP contribution in [0.5, 0.6) is 5.75 Å². The molecule has 0 aliphatic rings. The van der Waals surface area contributed by atoms with Crippen LogP contribution in [0.1, 0.15) is 77.3 Å². The largest absolute Gasteiger partial charge is 0.508 e. The summed E-state index contributed by atoms with van der Waals surface area (Å²) in [6.07, 6.45) is 5.21. The van der Waals surface area contributed by atoms with E-state index in [-0.39, 0.29) is 23.1 Å². The molecule has 0 heterocycles. The van der Waals surface area contributed by atoms with Gasteiger partial charge in [-0.3, -0.25) is 4.79 Å². The molecular weight excluding hydrogens is 436 g/mol. The zero-order valence-electron chi connectivity index (χ0n) is 22.1. The highest BCUT2D eigenvalue weighted by atomic mass is 16.3. The number of nitrogens with one attached hydrogen (secondary N) is 2. The molecule has 3 atom stereocenters. The van der Waals surface area contributed by atoms with Crippen molar-refractivity contribution in [1.29, 1.82) is 0 Å². The van der Waals surface area contributed by atoms with Crippen LogP contribution in [0.3, 0.4) is 0 Å². The molecule has 3 unspecified atom stereocenters. The number of aldehydes is 1. The van der Waals surface area contributed by atoms with Crippen molar-refractivity contribution < 1.29 is 14.7 Å². The van der Waals surface area contributed by atoms with Crippen molar-refractivity contribution in [3.05, 3.63) is 77.9 Å². The van der Waals surface area contributed by atoms with Crippen LogP contribution in [0.15, 0.2) is 66.7 Å². The third-order valence-corrected chi connectivity index (χ3v) is 6.50. The minimum absolute atomic E-state index is 0.0420. The Kier molecular flexibility index (Phi) is 13.7. The summed E-state index contributed by atoms with van der Waals surface area (Å²) < 4.78 is 0. The van der Waals surface area contributed by atoms with Crippen LogP contribution in [0.2, 0.25) is 0 Å². The Labute approximate surface area is 212 Å². The molecule has 2 aromatic rings. The summed E-state index contributed by atoms with van der Waals surface area (Å²) in [6, 6.07) is 17.8. The van der Waals surface area contributed by atoms with E-state index in [0.29, 0.717) is 25.3 Å². The molecule has 2 aromatic carbocycles. The predicted molar refractivity (Wildman–Crippen MR) is 146 cm³/mol. The first-order chi connectivity index (χ1) is 16.7. The number of hydrogen-bond donors (Lipinski definition) is 3. The Morgan fingerprint density at radius 1 is 1.03 bits per heavy atom. The smallest absolute Gasteiger partial charge is 0.220 e. The maximum Gasteiger partial charge on any atom is 0.220 e. The maximum atomic E-state index is 12.4. The topological polar surface area (TPSA) is 78.4 Å². The summed E-state index contributed by atoms with van der Waals surface area (Å²) in [5, 5.41) is 15.8. The van der Waals surface area contributed by atoms with E-state index in [9.17, 15) is 14.7 Å². The normalized spacial score (nSPS) is 14.0. The van der Waals surface area contributed by atoms with Crippen molar-refractivity contribution in [1.82, 2.24) is 10.6 Å². The number of phenols is 1. The zero-order chi connectivity index (χ0) is 26.3. The Balaban J connectivity index is 0.000000579. The van der Waals surface area contributed by atoms with Gasteiger partial charge in [0.05, 0.1) is 0 Å². The summed E-state index contributed by atoms with van der Waals surface area (Å²) in [4.78, 5) is 23.1. The minimum atomic E-state index is -0.349. The Morgan fingerprint density at radius 3 is 2.06 bits per heavy atom. The Bertz CT molecular complexity index is 892. The molecule has 0 aliphatic carbocycles. The van der Waals surface area contributed by atoms with E-state index in [1.54, 1.807) is 12.1 Å². The van der Waals surface area contributed by atoms with Crippen molar-refractivity contribution in [2.24, 2.45) is 0 Å². The maximum absolute atomic E-state index is 12.4. The molecule has 0 radical (unpaired) electrons. The number of hydrogen-bond acceptors (Lipinski definition) is 4. The predicted octanol–water partition coefficient (Wildman–Crippen LogP) is 5.91. The van der Waals surface area contributed by atoms with Gasteiger partial charge in [-0.2, -0.15) is 0 Å². The second-order valence-corrected chi connectivity index (χ2v) is 9.38. The van der Waals surface area contributed by atoms with E-state index < -0.39 is 0 Å². The number of phenolic OH excluding ortho intramolecular Hbond substituents is 1. The number of amides is 1. The van der Waals surface area contributed by atoms with E-state index >= 15 is 0 Å². The zero-order valence-corrected chi connectivity index (χ0v) is 22.1. The number of rotatable bonds is 13. The van der Waals surface area contributed by atoms with Crippen molar-refractivity contribution in [2.45, 2.75) is 83.7 Å². The van der Waals surface area contributed by atoms with Gasteiger partial charge < -0.3 is 20.5 Å². The van der Waals surface area contributed by atoms with Gasteiger partial charge >= 0.3 is 0 Å². The van der Waals surface area contributed by atoms with Gasteiger partial charge in [0.25, 0.3) is 0 Å². The molecule has 0 saturated carbocycles. The van der Waals surface area contributed by atoms with Crippen molar-refractivity contribution in [2.75, 3.05) is 7.05 Å². The lowest BCUT2D eigenvalue weighted by molar-refractivity contribution is -0.122. The van der Waals surface area contributed by atoms with Crippen molar-refractivity contribution in [3.63, 3.8) is 0 Å². The molecule has 0 saturated heterocycles. The highest BCUT2D eigenvalue weighted by molar-refractivity contribution is 5.77. The van der Waals surface area contributed by atoms with E-state index in [4.69, 9.17) is 0 Å². The van der Waals surface area contributed by atoms with Gasteiger partial charge in [0.2, 0.25) is 5.91 Å². The van der Waals surface area contributed by atoms with E-state index in [1.165, 1.54) is 12.0 Å². The molecule has 0 aromatic heterocycles. The fourth-order valence-corrected chi connectivity index (χ4v) is 4.07. The van der Waals surface area contributed by atoms with Crippen LogP contribution in [-0.4, -0.2) is 36.4 Å². The van der Waals surface area contributed by atoms with Crippen LogP contribution in [0.25, 0.3) is 0 Å². The van der Waals surface area contributed by atoms with Gasteiger partial charge in [-0.15, -0.1) is 6.58 Å². The van der Waals surface area contributed by atoms with Crippen LogP contribution < -0.4 is 10.6 Å². The van der Waals surface area contributed by atoms with Crippen LogP contribution >= 0.6 is 0 Å². The van der Waals surface area contributed by atoms with Gasteiger partial charge in [0, 0.05) is 30.3 Å². The molecule has 0 aliphatic heterocycles. The van der Waals surface area contributed by atoms with Crippen molar-refractivity contribution >= 4 is 12.2 Å². The lowest BCUT2D eigenvalue weighted by Crippen LogP contribution is -2.36. The monoisotopic (exact) mass is 480 g/mol. The van der Waals surface area contributed by atoms with Crippen LogP contribution in [0, 0.1) is 0 Å². The number of benzene rings is 2. The quantitative estimate of drug-likeness (QED) is 0.246. The van der Waals surface area contributed by atoms with Crippen molar-refractivity contribution in [3.8, 4) is 5.75 Å². The lowest BCUT2D eigenvalue weighted by Gasteiger charge is -2.31. The number of carbonyl (C=O) groups is 2. The molecule has 2 rings (SSSR count). The molecule has 5 heteroatoms. The molecule has 0 spiro atoms. The summed E-state index contributed by atoms with van der Waals surface area (Å²) in [6.45, 7) is 12.2. The molecule has 5 nitrogen and oxygen atoms in total. The summed E-state index contributed by atoms with van der Waals surface area (Å²) in [7, 11) is 2.00.